The lowest BCUT2D eigenvalue weighted by molar-refractivity contribution is 1.39. The molecule has 0 unspecified atom stereocenters. The lowest BCUT2D eigenvalue weighted by atomic mass is 10.3. The Hall–Kier alpha value is -0.960. The van der Waals surface area contributed by atoms with Gasteiger partial charge < -0.3 is 5.73 Å². The molecule has 0 bridgehead atoms. The molecule has 1 aromatic carbocycles. The van der Waals surface area contributed by atoms with E-state index >= 15 is 0 Å². The fraction of sp³-hybridized carbons (Fsp3) is 0.125. The van der Waals surface area contributed by atoms with Gasteiger partial charge in [0.05, 0.1) is 5.69 Å². The maximum absolute atomic E-state index is 5.52. The van der Waals surface area contributed by atoms with Crippen LogP contribution in [0.25, 0.3) is 0 Å². The van der Waals surface area contributed by atoms with Gasteiger partial charge in [-0.05, 0) is 25.1 Å². The second kappa shape index (κ2) is 3.44. The average Bonchev–Trinajstić information content (AvgIpc) is 1.95. The Balaban J connectivity index is 3.09. The number of nitrogen functional groups attached to an aromatic ring is 1. The molecule has 0 aliphatic carbocycles. The molecule has 1 rings (SSSR count). The summed E-state index contributed by atoms with van der Waals surface area (Å²) in [4.78, 5) is 4.90. The molecule has 1 aromatic rings. The van der Waals surface area contributed by atoms with Crippen molar-refractivity contribution in [3.8, 4) is 0 Å². The molecule has 0 saturated heterocycles. The van der Waals surface area contributed by atoms with Gasteiger partial charge in [0.25, 0.3) is 0 Å². The molecular weight excluding hydrogens is 156 g/mol. The average molecular weight is 166 g/mol. The van der Waals surface area contributed by atoms with Gasteiger partial charge in [0, 0.05) is 16.8 Å². The molecule has 0 heterocycles. The Kier molecular flexibility index (Phi) is 2.54. The van der Waals surface area contributed by atoms with Gasteiger partial charge in [0.2, 0.25) is 0 Å². The summed E-state index contributed by atoms with van der Waals surface area (Å²) >= 11 is 4.21. The van der Waals surface area contributed by atoms with Gasteiger partial charge in [-0.15, -0.1) is 12.6 Å². The molecule has 0 aliphatic heterocycles. The van der Waals surface area contributed by atoms with Crippen molar-refractivity contribution in [1.82, 2.24) is 0 Å². The minimum Gasteiger partial charge on any atom is -0.399 e. The van der Waals surface area contributed by atoms with Gasteiger partial charge in [0.15, 0.2) is 0 Å². The molecule has 0 saturated carbocycles. The molecule has 0 spiro atoms. The number of anilines is 1. The van der Waals surface area contributed by atoms with E-state index in [1.54, 1.807) is 12.3 Å². The number of hydrogen-bond acceptors (Lipinski definition) is 3. The quantitative estimate of drug-likeness (QED) is 0.375. The summed E-state index contributed by atoms with van der Waals surface area (Å²) in [6, 6.07) is 5.44. The summed E-state index contributed by atoms with van der Waals surface area (Å²) < 4.78 is 0. The Morgan fingerprint density at radius 3 is 2.82 bits per heavy atom. The van der Waals surface area contributed by atoms with Crippen LogP contribution in [0, 0.1) is 0 Å². The number of aliphatic imine (C=N–C) groups is 1. The molecule has 2 N–H and O–H groups in total. The largest absolute Gasteiger partial charge is 0.399 e. The number of thiol groups is 1. The van der Waals surface area contributed by atoms with Gasteiger partial charge in [0.1, 0.15) is 0 Å². The second-order valence-electron chi connectivity index (χ2n) is 2.14. The summed E-state index contributed by atoms with van der Waals surface area (Å²) in [6.45, 7) is 1.86. The van der Waals surface area contributed by atoms with E-state index in [1.807, 2.05) is 19.1 Å². The smallest absolute Gasteiger partial charge is 0.0760 e. The third-order valence-corrected chi connectivity index (χ3v) is 1.63. The lowest BCUT2D eigenvalue weighted by Crippen LogP contribution is -1.82. The van der Waals surface area contributed by atoms with E-state index in [4.69, 9.17) is 5.73 Å². The van der Waals surface area contributed by atoms with Crippen LogP contribution in [0.1, 0.15) is 6.92 Å². The van der Waals surface area contributed by atoms with Gasteiger partial charge in [-0.1, -0.05) is 0 Å². The van der Waals surface area contributed by atoms with Crippen LogP contribution in [-0.4, -0.2) is 6.21 Å². The van der Waals surface area contributed by atoms with Gasteiger partial charge in [-0.25, -0.2) is 0 Å². The van der Waals surface area contributed by atoms with Crippen LogP contribution in [0.5, 0.6) is 0 Å². The highest BCUT2D eigenvalue weighted by Gasteiger charge is 1.94. The van der Waals surface area contributed by atoms with E-state index in [0.717, 1.165) is 10.6 Å². The van der Waals surface area contributed by atoms with Crippen LogP contribution in [0.15, 0.2) is 28.1 Å². The van der Waals surface area contributed by atoms with Crippen molar-refractivity contribution in [3.05, 3.63) is 18.2 Å². The highest BCUT2D eigenvalue weighted by Crippen LogP contribution is 2.24. The third-order valence-electron chi connectivity index (χ3n) is 1.27. The first-order chi connectivity index (χ1) is 5.24. The van der Waals surface area contributed by atoms with E-state index in [-0.39, 0.29) is 0 Å². The molecule has 58 valence electrons. The fourth-order valence-corrected chi connectivity index (χ4v) is 1.07. The number of hydrogen-bond donors (Lipinski definition) is 2. The molecule has 3 heteroatoms. The van der Waals surface area contributed by atoms with Crippen molar-refractivity contribution in [1.29, 1.82) is 0 Å². The Bertz CT molecular complexity index is 281. The number of nitrogens with two attached hydrogens (primary N) is 1. The first kappa shape index (κ1) is 8.14. The zero-order valence-corrected chi connectivity index (χ0v) is 7.18. The number of nitrogens with zero attached hydrogens (tertiary/aromatic N) is 1. The molecule has 0 aliphatic rings. The monoisotopic (exact) mass is 166 g/mol. The summed E-state index contributed by atoms with van der Waals surface area (Å²) in [7, 11) is 0. The van der Waals surface area contributed by atoms with Gasteiger partial charge in [-0.2, -0.15) is 0 Å². The van der Waals surface area contributed by atoms with E-state index in [1.165, 1.54) is 0 Å². The predicted molar refractivity (Wildman–Crippen MR) is 51.9 cm³/mol. The standard InChI is InChI=1S/C8H10N2S/c1-2-10-7-4-3-6(9)5-8(7)11/h2-5,11H,9H2,1H3/b10-2-. The second-order valence-corrected chi connectivity index (χ2v) is 2.62. The zero-order chi connectivity index (χ0) is 8.27. The Labute approximate surface area is 71.6 Å². The van der Waals surface area contributed by atoms with Crippen LogP contribution in [0.3, 0.4) is 0 Å². The minimum atomic E-state index is 0.713. The third kappa shape index (κ3) is 1.98. The van der Waals surface area contributed by atoms with E-state index in [9.17, 15) is 0 Å². The fourth-order valence-electron chi connectivity index (χ4n) is 0.789. The SMILES string of the molecule is C/C=N\c1ccc(N)cc1S. The number of benzene rings is 1. The van der Waals surface area contributed by atoms with Crippen LogP contribution >= 0.6 is 12.6 Å². The molecule has 0 atom stereocenters. The van der Waals surface area contributed by atoms with Crippen LogP contribution in [0.2, 0.25) is 0 Å². The minimum absolute atomic E-state index is 0.713. The van der Waals surface area contributed by atoms with Crippen molar-refractivity contribution in [3.63, 3.8) is 0 Å². The topological polar surface area (TPSA) is 38.4 Å². The van der Waals surface area contributed by atoms with Crippen LogP contribution < -0.4 is 5.73 Å². The number of rotatable bonds is 1. The van der Waals surface area contributed by atoms with Crippen molar-refractivity contribution < 1.29 is 0 Å². The Morgan fingerprint density at radius 1 is 1.55 bits per heavy atom. The summed E-state index contributed by atoms with van der Waals surface area (Å²) in [6.07, 6.45) is 1.73. The van der Waals surface area contributed by atoms with Gasteiger partial charge >= 0.3 is 0 Å². The van der Waals surface area contributed by atoms with Crippen molar-refractivity contribution in [2.75, 3.05) is 5.73 Å². The van der Waals surface area contributed by atoms with Crippen molar-refractivity contribution >= 4 is 30.2 Å². The maximum Gasteiger partial charge on any atom is 0.0760 e. The van der Waals surface area contributed by atoms with E-state index < -0.39 is 0 Å². The Morgan fingerprint density at radius 2 is 2.27 bits per heavy atom. The van der Waals surface area contributed by atoms with E-state index in [2.05, 4.69) is 17.6 Å². The molecule has 0 aromatic heterocycles. The normalized spacial score (nSPS) is 10.7. The molecular formula is C8H10N2S. The molecule has 0 fully saturated rings. The molecule has 0 radical (unpaired) electrons. The predicted octanol–water partition coefficient (Wildman–Crippen LogP) is 2.28. The lowest BCUT2D eigenvalue weighted by Gasteiger charge is -1.98. The van der Waals surface area contributed by atoms with Crippen molar-refractivity contribution in [2.45, 2.75) is 11.8 Å². The highest BCUT2D eigenvalue weighted by atomic mass is 32.1. The summed E-state index contributed by atoms with van der Waals surface area (Å²) in [5.74, 6) is 0. The summed E-state index contributed by atoms with van der Waals surface area (Å²) in [5.41, 5.74) is 7.09. The molecule has 2 nitrogen and oxygen atoms in total. The van der Waals surface area contributed by atoms with Crippen LogP contribution in [0.4, 0.5) is 11.4 Å². The zero-order valence-electron chi connectivity index (χ0n) is 6.28. The molecule has 0 amide bonds. The van der Waals surface area contributed by atoms with Crippen molar-refractivity contribution in [2.24, 2.45) is 4.99 Å². The first-order valence-electron chi connectivity index (χ1n) is 3.31. The first-order valence-corrected chi connectivity index (χ1v) is 3.76. The van der Waals surface area contributed by atoms with E-state index in [0.29, 0.717) is 5.69 Å². The summed E-state index contributed by atoms with van der Waals surface area (Å²) in [5, 5.41) is 0. The highest BCUT2D eigenvalue weighted by molar-refractivity contribution is 7.80. The van der Waals surface area contributed by atoms with Gasteiger partial charge in [-0.3, -0.25) is 4.99 Å². The maximum atomic E-state index is 5.52. The molecule has 11 heavy (non-hydrogen) atoms. The van der Waals surface area contributed by atoms with Crippen LogP contribution in [-0.2, 0) is 0 Å².